The van der Waals surface area contributed by atoms with E-state index in [1.807, 2.05) is 105 Å². The molecule has 3 aromatic carbocycles. The molecule has 0 spiro atoms. The number of nitrogens with zero attached hydrogens (tertiary/aromatic N) is 1. The smallest absolute Gasteiger partial charge is 0.320 e. The van der Waals surface area contributed by atoms with Gasteiger partial charge in [-0.3, -0.25) is 14.5 Å². The van der Waals surface area contributed by atoms with Crippen molar-refractivity contribution in [3.8, 4) is 0 Å². The highest BCUT2D eigenvalue weighted by Crippen LogP contribution is 2.29. The molecule has 0 saturated carbocycles. The van der Waals surface area contributed by atoms with E-state index in [2.05, 4.69) is 0 Å². The summed E-state index contributed by atoms with van der Waals surface area (Å²) in [5, 5.41) is 0. The summed E-state index contributed by atoms with van der Waals surface area (Å²) in [6.07, 6.45) is 0. The first-order valence-corrected chi connectivity index (χ1v) is 10.5. The minimum absolute atomic E-state index is 0.00426. The van der Waals surface area contributed by atoms with Gasteiger partial charge < -0.3 is 4.74 Å². The molecule has 0 atom stereocenters. The van der Waals surface area contributed by atoms with Gasteiger partial charge in [-0.2, -0.15) is 0 Å². The second kappa shape index (κ2) is 10.2. The van der Waals surface area contributed by atoms with Crippen molar-refractivity contribution in [3.05, 3.63) is 108 Å². The highest BCUT2D eigenvalue weighted by Gasteiger charge is 2.28. The van der Waals surface area contributed by atoms with Crippen molar-refractivity contribution in [1.82, 2.24) is 4.90 Å². The average molecular weight is 416 g/mol. The van der Waals surface area contributed by atoms with Crippen LogP contribution in [0.2, 0.25) is 0 Å². The quantitative estimate of drug-likeness (QED) is 0.370. The standard InChI is InChI=1S/C27H29NO3/c1-27(2,3)31-25(30)20-28(19-24(29)21-13-7-4-8-14-21)26(22-15-9-5-10-16-22)23-17-11-6-12-18-23/h4-18,26H,19-20H2,1-3H3. The van der Waals surface area contributed by atoms with Crippen LogP contribution in [0.4, 0.5) is 0 Å². The third-order valence-electron chi connectivity index (χ3n) is 4.79. The Bertz CT molecular complexity index is 940. The van der Waals surface area contributed by atoms with E-state index in [4.69, 9.17) is 4.74 Å². The maximum atomic E-state index is 13.1. The van der Waals surface area contributed by atoms with Gasteiger partial charge in [0.05, 0.1) is 19.1 Å². The number of Topliss-reactive ketones (excluding diaryl/α,β-unsaturated/α-hetero) is 1. The van der Waals surface area contributed by atoms with Crippen molar-refractivity contribution < 1.29 is 14.3 Å². The van der Waals surface area contributed by atoms with Crippen LogP contribution in [0.1, 0.15) is 48.3 Å². The molecule has 4 heteroatoms. The summed E-state index contributed by atoms with van der Waals surface area (Å²) in [6, 6.07) is 28.8. The van der Waals surface area contributed by atoms with E-state index in [1.165, 1.54) is 0 Å². The summed E-state index contributed by atoms with van der Waals surface area (Å²) in [6.45, 7) is 5.63. The van der Waals surface area contributed by atoms with Crippen molar-refractivity contribution in [2.75, 3.05) is 13.1 Å². The average Bonchev–Trinajstić information content (AvgIpc) is 2.74. The SMILES string of the molecule is CC(C)(C)OC(=O)CN(CC(=O)c1ccccc1)C(c1ccccc1)c1ccccc1. The third kappa shape index (κ3) is 6.63. The number of carbonyl (C=O) groups is 2. The Balaban J connectivity index is 1.98. The van der Waals surface area contributed by atoms with Gasteiger partial charge in [0.25, 0.3) is 0 Å². The molecule has 0 saturated heterocycles. The molecule has 160 valence electrons. The van der Waals surface area contributed by atoms with Crippen LogP contribution in [0.25, 0.3) is 0 Å². The van der Waals surface area contributed by atoms with Gasteiger partial charge in [-0.25, -0.2) is 0 Å². The van der Waals surface area contributed by atoms with Crippen molar-refractivity contribution in [2.24, 2.45) is 0 Å². The lowest BCUT2D eigenvalue weighted by Gasteiger charge is -2.32. The molecule has 0 aliphatic rings. The third-order valence-corrected chi connectivity index (χ3v) is 4.79. The first kappa shape index (κ1) is 22.4. The predicted molar refractivity (Wildman–Crippen MR) is 123 cm³/mol. The van der Waals surface area contributed by atoms with Crippen molar-refractivity contribution >= 4 is 11.8 Å². The van der Waals surface area contributed by atoms with Crippen LogP contribution in [-0.4, -0.2) is 35.3 Å². The molecule has 4 nitrogen and oxygen atoms in total. The molecule has 0 bridgehead atoms. The van der Waals surface area contributed by atoms with E-state index in [9.17, 15) is 9.59 Å². The fourth-order valence-corrected chi connectivity index (χ4v) is 3.56. The minimum atomic E-state index is -0.596. The van der Waals surface area contributed by atoms with Gasteiger partial charge >= 0.3 is 5.97 Å². The zero-order valence-electron chi connectivity index (χ0n) is 18.3. The monoisotopic (exact) mass is 415 g/mol. The highest BCUT2D eigenvalue weighted by atomic mass is 16.6. The zero-order valence-corrected chi connectivity index (χ0v) is 18.3. The van der Waals surface area contributed by atoms with Crippen LogP contribution in [-0.2, 0) is 9.53 Å². The van der Waals surface area contributed by atoms with Gasteiger partial charge in [-0.1, -0.05) is 91.0 Å². The highest BCUT2D eigenvalue weighted by molar-refractivity contribution is 5.97. The lowest BCUT2D eigenvalue weighted by Crippen LogP contribution is -2.40. The molecule has 0 N–H and O–H groups in total. The molecule has 31 heavy (non-hydrogen) atoms. The van der Waals surface area contributed by atoms with Gasteiger partial charge in [-0.15, -0.1) is 0 Å². The fourth-order valence-electron chi connectivity index (χ4n) is 3.56. The molecule has 0 radical (unpaired) electrons. The maximum Gasteiger partial charge on any atom is 0.320 e. The Kier molecular flexibility index (Phi) is 7.37. The summed E-state index contributed by atoms with van der Waals surface area (Å²) >= 11 is 0. The van der Waals surface area contributed by atoms with Crippen molar-refractivity contribution in [1.29, 1.82) is 0 Å². The van der Waals surface area contributed by atoms with Gasteiger partial charge in [0.15, 0.2) is 5.78 Å². The number of rotatable bonds is 8. The van der Waals surface area contributed by atoms with Crippen LogP contribution in [0, 0.1) is 0 Å². The molecule has 3 aromatic rings. The number of hydrogen-bond donors (Lipinski definition) is 0. The van der Waals surface area contributed by atoms with Crippen LogP contribution >= 0.6 is 0 Å². The van der Waals surface area contributed by atoms with Gasteiger partial charge in [0.1, 0.15) is 5.60 Å². The normalized spacial score (nSPS) is 11.5. The number of ketones is 1. The number of ether oxygens (including phenoxy) is 1. The molecular formula is C27H29NO3. The number of esters is 1. The van der Waals surface area contributed by atoms with Gasteiger partial charge in [-0.05, 0) is 31.9 Å². The molecule has 0 aliphatic heterocycles. The second-order valence-electron chi connectivity index (χ2n) is 8.50. The molecular weight excluding hydrogens is 386 g/mol. The lowest BCUT2D eigenvalue weighted by atomic mass is 9.96. The number of hydrogen-bond acceptors (Lipinski definition) is 4. The Hall–Kier alpha value is -3.24. The Morgan fingerprint density at radius 2 is 1.19 bits per heavy atom. The molecule has 0 aromatic heterocycles. The maximum absolute atomic E-state index is 13.1. The Morgan fingerprint density at radius 1 is 0.742 bits per heavy atom. The Labute approximate surface area is 184 Å². The summed E-state index contributed by atoms with van der Waals surface area (Å²) in [5.74, 6) is -0.397. The van der Waals surface area contributed by atoms with Crippen LogP contribution in [0.5, 0.6) is 0 Å². The van der Waals surface area contributed by atoms with Crippen LogP contribution in [0.3, 0.4) is 0 Å². The van der Waals surface area contributed by atoms with E-state index in [1.54, 1.807) is 12.1 Å². The van der Waals surface area contributed by atoms with E-state index in [0.29, 0.717) is 5.56 Å². The van der Waals surface area contributed by atoms with E-state index >= 15 is 0 Å². The first-order chi connectivity index (χ1) is 14.8. The van der Waals surface area contributed by atoms with Gasteiger partial charge in [0.2, 0.25) is 0 Å². The van der Waals surface area contributed by atoms with Crippen molar-refractivity contribution in [2.45, 2.75) is 32.4 Å². The zero-order chi connectivity index (χ0) is 22.3. The van der Waals surface area contributed by atoms with E-state index in [0.717, 1.165) is 11.1 Å². The number of benzene rings is 3. The lowest BCUT2D eigenvalue weighted by molar-refractivity contribution is -0.156. The second-order valence-corrected chi connectivity index (χ2v) is 8.50. The first-order valence-electron chi connectivity index (χ1n) is 10.5. The predicted octanol–water partition coefficient (Wildman–Crippen LogP) is 5.30. The summed E-state index contributed by atoms with van der Waals surface area (Å²) in [4.78, 5) is 27.8. The number of carbonyl (C=O) groups excluding carboxylic acids is 2. The van der Waals surface area contributed by atoms with E-state index < -0.39 is 5.60 Å². The largest absolute Gasteiger partial charge is 0.459 e. The molecule has 0 heterocycles. The fraction of sp³-hybridized carbons (Fsp3) is 0.259. The van der Waals surface area contributed by atoms with E-state index in [-0.39, 0.29) is 30.9 Å². The summed E-state index contributed by atoms with van der Waals surface area (Å²) < 4.78 is 5.59. The molecule has 0 unspecified atom stereocenters. The van der Waals surface area contributed by atoms with Crippen LogP contribution < -0.4 is 0 Å². The van der Waals surface area contributed by atoms with Crippen molar-refractivity contribution in [3.63, 3.8) is 0 Å². The summed E-state index contributed by atoms with van der Waals surface area (Å²) in [5.41, 5.74) is 2.05. The molecule has 0 aliphatic carbocycles. The molecule has 3 rings (SSSR count). The minimum Gasteiger partial charge on any atom is -0.459 e. The summed E-state index contributed by atoms with van der Waals surface area (Å²) in [7, 11) is 0. The topological polar surface area (TPSA) is 46.6 Å². The van der Waals surface area contributed by atoms with Gasteiger partial charge in [0, 0.05) is 5.56 Å². The Morgan fingerprint density at radius 3 is 1.65 bits per heavy atom. The van der Waals surface area contributed by atoms with Crippen LogP contribution in [0.15, 0.2) is 91.0 Å². The molecule has 0 amide bonds. The molecule has 0 fully saturated rings.